The van der Waals surface area contributed by atoms with E-state index in [1.54, 1.807) is 0 Å². The van der Waals surface area contributed by atoms with Crippen LogP contribution in [0.1, 0.15) is 66.2 Å². The van der Waals surface area contributed by atoms with E-state index in [0.717, 1.165) is 6.29 Å². The molecule has 106 valence electrons. The van der Waals surface area contributed by atoms with Gasteiger partial charge in [-0.2, -0.15) is 0 Å². The van der Waals surface area contributed by atoms with E-state index < -0.39 is 18.4 Å². The molecule has 0 aromatic rings. The van der Waals surface area contributed by atoms with Gasteiger partial charge >= 0.3 is 119 Å². The first-order valence-electron chi connectivity index (χ1n) is 7.79. The Morgan fingerprint density at radius 2 is 1.28 bits per heavy atom. The molecule has 0 heterocycles. The van der Waals surface area contributed by atoms with Crippen molar-refractivity contribution in [3.05, 3.63) is 9.67 Å². The van der Waals surface area contributed by atoms with Gasteiger partial charge in [-0.3, -0.25) is 0 Å². The molecule has 2 heteroatoms. The van der Waals surface area contributed by atoms with Crippen LogP contribution in [0.15, 0.2) is 9.67 Å². The molecule has 0 aliphatic carbocycles. The zero-order chi connectivity index (χ0) is 13.9. The Hall–Kier alpha value is 0.209. The third-order valence-electron chi connectivity index (χ3n) is 4.18. The van der Waals surface area contributed by atoms with Gasteiger partial charge in [-0.1, -0.05) is 0 Å². The van der Waals surface area contributed by atoms with Crippen LogP contribution in [-0.2, 0) is 4.79 Å². The first-order valence-corrected chi connectivity index (χ1v) is 15.3. The van der Waals surface area contributed by atoms with E-state index in [4.69, 9.17) is 0 Å². The minimum absolute atomic E-state index is 1.02. The monoisotopic (exact) mass is 360 g/mol. The molecule has 0 radical (unpaired) electrons. The van der Waals surface area contributed by atoms with Gasteiger partial charge in [0.05, 0.1) is 0 Å². The number of unbranched alkanes of at least 4 members (excludes halogenated alkanes) is 3. The van der Waals surface area contributed by atoms with Crippen LogP contribution in [0.2, 0.25) is 13.3 Å². The summed E-state index contributed by atoms with van der Waals surface area (Å²) in [6.45, 7) is 9.12. The fourth-order valence-electron chi connectivity index (χ4n) is 2.79. The van der Waals surface area contributed by atoms with Crippen LogP contribution in [0.3, 0.4) is 0 Å². The molecular weight excluding hydrogens is 327 g/mol. The van der Waals surface area contributed by atoms with Gasteiger partial charge in [0, 0.05) is 0 Å². The van der Waals surface area contributed by atoms with Crippen molar-refractivity contribution < 1.29 is 4.79 Å². The fourth-order valence-corrected chi connectivity index (χ4v) is 18.3. The Balaban J connectivity index is 4.95. The molecular formula is C16H32OSn. The van der Waals surface area contributed by atoms with Crippen LogP contribution in [0.4, 0.5) is 0 Å². The number of hydrogen-bond acceptors (Lipinski definition) is 1. The maximum absolute atomic E-state index is 10.8. The van der Waals surface area contributed by atoms with Crippen molar-refractivity contribution in [2.75, 3.05) is 0 Å². The molecule has 1 nitrogen and oxygen atoms in total. The normalized spacial score (nSPS) is 12.8. The van der Waals surface area contributed by atoms with Gasteiger partial charge in [-0.05, 0) is 0 Å². The minimum atomic E-state index is -2.20. The van der Waals surface area contributed by atoms with Crippen LogP contribution >= 0.6 is 0 Å². The maximum atomic E-state index is 10.8. The molecule has 0 aliphatic heterocycles. The van der Waals surface area contributed by atoms with E-state index in [1.165, 1.54) is 55.4 Å². The average Bonchev–Trinajstić information content (AvgIpc) is 2.38. The number of allylic oxidation sites excluding steroid dienone is 2. The Morgan fingerprint density at radius 1 is 0.889 bits per heavy atom. The Bertz CT molecular complexity index is 224. The Kier molecular flexibility index (Phi) is 11.2. The summed E-state index contributed by atoms with van der Waals surface area (Å²) in [7, 11) is 0. The van der Waals surface area contributed by atoms with E-state index in [9.17, 15) is 4.79 Å². The Morgan fingerprint density at radius 3 is 1.56 bits per heavy atom. The van der Waals surface area contributed by atoms with Gasteiger partial charge < -0.3 is 0 Å². The average molecular weight is 359 g/mol. The van der Waals surface area contributed by atoms with Crippen LogP contribution in [0.25, 0.3) is 0 Å². The summed E-state index contributed by atoms with van der Waals surface area (Å²) in [5, 5.41) is 0. The van der Waals surface area contributed by atoms with Crippen molar-refractivity contribution in [1.29, 1.82) is 0 Å². The molecule has 0 aliphatic rings. The molecule has 0 aromatic carbocycles. The fraction of sp³-hybridized carbons (Fsp3) is 0.812. The summed E-state index contributed by atoms with van der Waals surface area (Å²) < 4.78 is 5.90. The summed E-state index contributed by atoms with van der Waals surface area (Å²) >= 11 is -2.20. The van der Waals surface area contributed by atoms with Gasteiger partial charge in [0.2, 0.25) is 0 Å². The van der Waals surface area contributed by atoms with Crippen LogP contribution in [-0.4, -0.2) is 24.7 Å². The summed E-state index contributed by atoms with van der Waals surface area (Å²) in [5.74, 6) is 0. The Labute approximate surface area is 118 Å². The third-order valence-corrected chi connectivity index (χ3v) is 20.7. The van der Waals surface area contributed by atoms with Crippen molar-refractivity contribution in [2.45, 2.75) is 79.5 Å². The van der Waals surface area contributed by atoms with Crippen LogP contribution in [0, 0.1) is 0 Å². The van der Waals surface area contributed by atoms with E-state index in [2.05, 4.69) is 27.7 Å². The predicted molar refractivity (Wildman–Crippen MR) is 84.7 cm³/mol. The van der Waals surface area contributed by atoms with Crippen molar-refractivity contribution in [1.82, 2.24) is 0 Å². The summed E-state index contributed by atoms with van der Waals surface area (Å²) in [5.41, 5.74) is 0. The summed E-state index contributed by atoms with van der Waals surface area (Å²) in [6.07, 6.45) is 10.9. The standard InChI is InChI=1S/C4H5O.3C4H9.Sn/c1-2-3-4-5;3*1-3-4-2;/h3-4H,1H3;3*1,3-4H2,2H3;. The second-order valence-electron chi connectivity index (χ2n) is 5.58. The number of carbonyl (C=O) groups is 1. The molecule has 0 N–H and O–H groups in total. The molecule has 0 saturated heterocycles. The number of aldehydes is 1. The second kappa shape index (κ2) is 11.1. The molecule has 0 aromatic heterocycles. The van der Waals surface area contributed by atoms with Crippen LogP contribution < -0.4 is 0 Å². The van der Waals surface area contributed by atoms with Gasteiger partial charge in [0.15, 0.2) is 0 Å². The zero-order valence-corrected chi connectivity index (χ0v) is 15.8. The van der Waals surface area contributed by atoms with Crippen molar-refractivity contribution >= 4 is 24.7 Å². The van der Waals surface area contributed by atoms with Gasteiger partial charge in [-0.15, -0.1) is 0 Å². The second-order valence-corrected chi connectivity index (χ2v) is 19.4. The molecule has 18 heavy (non-hydrogen) atoms. The van der Waals surface area contributed by atoms with Gasteiger partial charge in [-0.25, -0.2) is 0 Å². The molecule has 0 atom stereocenters. The van der Waals surface area contributed by atoms with Crippen molar-refractivity contribution in [2.24, 2.45) is 0 Å². The SMILES string of the molecule is CCC[CH2][Sn]([CH2]CCC)([CH2]CCC)[C](C)=CC=O. The predicted octanol–water partition coefficient (Wildman–Crippen LogP) is 5.52. The van der Waals surface area contributed by atoms with E-state index in [0.29, 0.717) is 0 Å². The zero-order valence-electron chi connectivity index (χ0n) is 12.9. The topological polar surface area (TPSA) is 17.1 Å². The number of rotatable bonds is 11. The first-order chi connectivity index (χ1) is 8.66. The molecule has 0 bridgehead atoms. The van der Waals surface area contributed by atoms with Crippen molar-refractivity contribution in [3.63, 3.8) is 0 Å². The molecule has 0 spiro atoms. The third kappa shape index (κ3) is 6.40. The quantitative estimate of drug-likeness (QED) is 0.270. The van der Waals surface area contributed by atoms with Gasteiger partial charge in [0.25, 0.3) is 0 Å². The van der Waals surface area contributed by atoms with E-state index in [-0.39, 0.29) is 0 Å². The summed E-state index contributed by atoms with van der Waals surface area (Å²) in [4.78, 5) is 10.8. The number of hydrogen-bond donors (Lipinski definition) is 0. The van der Waals surface area contributed by atoms with E-state index >= 15 is 0 Å². The molecule has 0 saturated carbocycles. The van der Waals surface area contributed by atoms with Gasteiger partial charge in [0.1, 0.15) is 0 Å². The van der Waals surface area contributed by atoms with Crippen molar-refractivity contribution in [3.8, 4) is 0 Å². The molecule has 0 unspecified atom stereocenters. The molecule has 0 amide bonds. The van der Waals surface area contributed by atoms with E-state index in [1.807, 2.05) is 6.08 Å². The molecule has 0 rings (SSSR count). The molecule has 0 fully saturated rings. The van der Waals surface area contributed by atoms with Crippen LogP contribution in [0.5, 0.6) is 0 Å². The first kappa shape index (κ1) is 18.2. The summed E-state index contributed by atoms with van der Waals surface area (Å²) in [6, 6.07) is 0. The number of carbonyl (C=O) groups excluding carboxylic acids is 1.